The number of hydrogen-bond donors (Lipinski definition) is 2. The van der Waals surface area contributed by atoms with Crippen molar-refractivity contribution in [2.75, 3.05) is 18.4 Å². The van der Waals surface area contributed by atoms with Crippen LogP contribution in [0.4, 0.5) is 5.69 Å². The van der Waals surface area contributed by atoms with Crippen LogP contribution in [0.1, 0.15) is 31.2 Å². The van der Waals surface area contributed by atoms with E-state index in [2.05, 4.69) is 14.9 Å². The van der Waals surface area contributed by atoms with E-state index in [-0.39, 0.29) is 23.3 Å². The topological polar surface area (TPSA) is 78.5 Å². The first kappa shape index (κ1) is 15.1. The lowest BCUT2D eigenvalue weighted by Crippen LogP contribution is -2.45. The average Bonchev–Trinajstić information content (AvgIpc) is 3.28. The van der Waals surface area contributed by atoms with Gasteiger partial charge in [0.05, 0.1) is 11.3 Å². The molecule has 0 radical (unpaired) electrons. The van der Waals surface area contributed by atoms with Crippen LogP contribution in [0.3, 0.4) is 0 Å². The molecule has 1 aromatic carbocycles. The Kier molecular flexibility index (Phi) is 3.66. The van der Waals surface area contributed by atoms with Crippen molar-refractivity contribution >= 4 is 21.6 Å². The van der Waals surface area contributed by atoms with Crippen molar-refractivity contribution in [1.82, 2.24) is 9.62 Å². The Bertz CT molecular complexity index is 735. The molecule has 0 aromatic heterocycles. The van der Waals surface area contributed by atoms with E-state index in [1.807, 2.05) is 0 Å². The fourth-order valence-electron chi connectivity index (χ4n) is 3.48. The normalized spacial score (nSPS) is 22.9. The summed E-state index contributed by atoms with van der Waals surface area (Å²) < 4.78 is 28.0. The van der Waals surface area contributed by atoms with Crippen LogP contribution in [-0.2, 0) is 21.2 Å². The van der Waals surface area contributed by atoms with Gasteiger partial charge in [0, 0.05) is 17.8 Å². The number of piperidine rings is 1. The molecule has 2 heterocycles. The van der Waals surface area contributed by atoms with E-state index in [1.165, 1.54) is 12.8 Å². The van der Waals surface area contributed by atoms with Gasteiger partial charge in [-0.15, -0.1) is 0 Å². The molecule has 0 atom stereocenters. The Hall–Kier alpha value is -1.44. The lowest BCUT2D eigenvalue weighted by atomic mass is 10.1. The summed E-state index contributed by atoms with van der Waals surface area (Å²) in [6, 6.07) is 5.59. The van der Waals surface area contributed by atoms with E-state index in [4.69, 9.17) is 0 Å². The highest BCUT2D eigenvalue weighted by Crippen LogP contribution is 2.30. The zero-order valence-corrected chi connectivity index (χ0v) is 13.7. The third-order valence-electron chi connectivity index (χ3n) is 4.93. The average molecular weight is 335 g/mol. The molecule has 7 heteroatoms. The summed E-state index contributed by atoms with van der Waals surface area (Å²) in [5, 5.41) is 2.72. The second kappa shape index (κ2) is 5.58. The third kappa shape index (κ3) is 3.13. The van der Waals surface area contributed by atoms with E-state index in [9.17, 15) is 13.2 Å². The Morgan fingerprint density at radius 3 is 2.57 bits per heavy atom. The molecule has 1 aromatic rings. The van der Waals surface area contributed by atoms with Crippen molar-refractivity contribution in [3.8, 4) is 0 Å². The second-order valence-electron chi connectivity index (χ2n) is 6.71. The van der Waals surface area contributed by atoms with Gasteiger partial charge in [-0.3, -0.25) is 4.79 Å². The van der Waals surface area contributed by atoms with Crippen LogP contribution in [0.5, 0.6) is 0 Å². The molecule has 1 amide bonds. The molecule has 124 valence electrons. The van der Waals surface area contributed by atoms with Gasteiger partial charge in [-0.1, -0.05) is 0 Å². The standard InChI is InChI=1S/C16H21N3O3S/c20-16-10-11-9-14(3-4-15(11)17-16)23(21,22)18-12-5-7-19(8-6-12)13-1-2-13/h3-4,9,12-13,18H,1-2,5-8,10H2,(H,17,20). The molecule has 2 N–H and O–H groups in total. The minimum atomic E-state index is -3.53. The van der Waals surface area contributed by atoms with Crippen LogP contribution in [0.2, 0.25) is 0 Å². The number of sulfonamides is 1. The highest BCUT2D eigenvalue weighted by Gasteiger charge is 2.33. The maximum atomic E-state index is 12.6. The summed E-state index contributed by atoms with van der Waals surface area (Å²) in [7, 11) is -3.53. The molecule has 1 saturated carbocycles. The van der Waals surface area contributed by atoms with Crippen molar-refractivity contribution < 1.29 is 13.2 Å². The summed E-state index contributed by atoms with van der Waals surface area (Å²) in [6.07, 6.45) is 4.55. The van der Waals surface area contributed by atoms with Crippen LogP contribution in [0.25, 0.3) is 0 Å². The molecular weight excluding hydrogens is 314 g/mol. The molecule has 0 spiro atoms. The number of nitrogens with one attached hydrogen (secondary N) is 2. The number of fused-ring (bicyclic) bond motifs is 1. The minimum Gasteiger partial charge on any atom is -0.326 e. The van der Waals surface area contributed by atoms with E-state index < -0.39 is 10.0 Å². The largest absolute Gasteiger partial charge is 0.326 e. The molecule has 4 rings (SSSR count). The Labute approximate surface area is 136 Å². The van der Waals surface area contributed by atoms with Crippen LogP contribution in [-0.4, -0.2) is 44.4 Å². The van der Waals surface area contributed by atoms with Gasteiger partial charge in [0.2, 0.25) is 15.9 Å². The smallest absolute Gasteiger partial charge is 0.240 e. The van der Waals surface area contributed by atoms with Crippen molar-refractivity contribution in [1.29, 1.82) is 0 Å². The molecule has 1 saturated heterocycles. The number of nitrogens with zero attached hydrogens (tertiary/aromatic N) is 1. The minimum absolute atomic E-state index is 0.00279. The predicted molar refractivity (Wildman–Crippen MR) is 86.7 cm³/mol. The van der Waals surface area contributed by atoms with Crippen molar-refractivity contribution in [3.05, 3.63) is 23.8 Å². The molecule has 6 nitrogen and oxygen atoms in total. The lowest BCUT2D eigenvalue weighted by molar-refractivity contribution is -0.115. The number of anilines is 1. The predicted octanol–water partition coefficient (Wildman–Crippen LogP) is 1.09. The van der Waals surface area contributed by atoms with Crippen LogP contribution in [0, 0.1) is 0 Å². The van der Waals surface area contributed by atoms with Crippen LogP contribution < -0.4 is 10.0 Å². The third-order valence-corrected chi connectivity index (χ3v) is 6.44. The number of rotatable bonds is 4. The summed E-state index contributed by atoms with van der Waals surface area (Å²) in [5.74, 6) is -0.0880. The van der Waals surface area contributed by atoms with E-state index in [1.54, 1.807) is 18.2 Å². The quantitative estimate of drug-likeness (QED) is 0.863. The highest BCUT2D eigenvalue weighted by atomic mass is 32.2. The summed E-state index contributed by atoms with van der Waals surface area (Å²) in [4.78, 5) is 14.1. The van der Waals surface area contributed by atoms with E-state index in [0.29, 0.717) is 5.69 Å². The Morgan fingerprint density at radius 1 is 1.13 bits per heavy atom. The SMILES string of the molecule is O=C1Cc2cc(S(=O)(=O)NC3CCN(C4CC4)CC3)ccc2N1. The number of likely N-dealkylation sites (tertiary alicyclic amines) is 1. The Morgan fingerprint density at radius 2 is 1.87 bits per heavy atom. The number of carbonyl (C=O) groups excluding carboxylic acids is 1. The first-order valence-electron chi connectivity index (χ1n) is 8.20. The van der Waals surface area contributed by atoms with Gasteiger partial charge in [0.1, 0.15) is 0 Å². The number of amides is 1. The van der Waals surface area contributed by atoms with Gasteiger partial charge < -0.3 is 10.2 Å². The molecule has 0 unspecified atom stereocenters. The van der Waals surface area contributed by atoms with Crippen molar-refractivity contribution in [2.45, 2.75) is 49.1 Å². The second-order valence-corrected chi connectivity index (χ2v) is 8.42. The summed E-state index contributed by atoms with van der Waals surface area (Å²) >= 11 is 0. The van der Waals surface area contributed by atoms with Gasteiger partial charge in [0.25, 0.3) is 0 Å². The van der Waals surface area contributed by atoms with Crippen molar-refractivity contribution in [3.63, 3.8) is 0 Å². The first-order valence-corrected chi connectivity index (χ1v) is 9.69. The molecule has 1 aliphatic carbocycles. The summed E-state index contributed by atoms with van der Waals surface area (Å²) in [5.41, 5.74) is 1.47. The van der Waals surface area contributed by atoms with Gasteiger partial charge >= 0.3 is 0 Å². The maximum absolute atomic E-state index is 12.6. The number of carbonyl (C=O) groups is 1. The molecule has 23 heavy (non-hydrogen) atoms. The molecule has 3 aliphatic rings. The highest BCUT2D eigenvalue weighted by molar-refractivity contribution is 7.89. The lowest BCUT2D eigenvalue weighted by Gasteiger charge is -2.32. The zero-order valence-electron chi connectivity index (χ0n) is 12.9. The van der Waals surface area contributed by atoms with E-state index >= 15 is 0 Å². The monoisotopic (exact) mass is 335 g/mol. The zero-order chi connectivity index (χ0) is 16.0. The maximum Gasteiger partial charge on any atom is 0.240 e. The van der Waals surface area contributed by atoms with Crippen LogP contribution in [0.15, 0.2) is 23.1 Å². The number of benzene rings is 1. The van der Waals surface area contributed by atoms with Gasteiger partial charge in [-0.05, 0) is 62.5 Å². The molecule has 2 fully saturated rings. The Balaban J connectivity index is 1.44. The number of hydrogen-bond acceptors (Lipinski definition) is 4. The fraction of sp³-hybridized carbons (Fsp3) is 0.562. The first-order chi connectivity index (χ1) is 11.0. The van der Waals surface area contributed by atoms with Crippen LogP contribution >= 0.6 is 0 Å². The fourth-order valence-corrected chi connectivity index (χ4v) is 4.84. The summed E-state index contributed by atoms with van der Waals surface area (Å²) in [6.45, 7) is 1.95. The van der Waals surface area contributed by atoms with Gasteiger partial charge in [-0.2, -0.15) is 0 Å². The molecule has 0 bridgehead atoms. The van der Waals surface area contributed by atoms with E-state index in [0.717, 1.165) is 37.5 Å². The molecule has 2 aliphatic heterocycles. The van der Waals surface area contributed by atoms with Gasteiger partial charge in [-0.25, -0.2) is 13.1 Å². The van der Waals surface area contributed by atoms with Crippen molar-refractivity contribution in [2.24, 2.45) is 0 Å². The molecular formula is C16H21N3O3S. The van der Waals surface area contributed by atoms with Gasteiger partial charge in [0.15, 0.2) is 0 Å².